The second-order valence-electron chi connectivity index (χ2n) is 5.48. The molecule has 0 atom stereocenters. The first-order chi connectivity index (χ1) is 13.0. The molecule has 0 aliphatic heterocycles. The second kappa shape index (κ2) is 6.99. The smallest absolute Gasteiger partial charge is 0.211 e. The summed E-state index contributed by atoms with van der Waals surface area (Å²) in [4.78, 5) is 12.8. The van der Waals surface area contributed by atoms with Crippen LogP contribution < -0.4 is 24.4 Å². The van der Waals surface area contributed by atoms with Crippen molar-refractivity contribution in [3.63, 3.8) is 0 Å². The van der Waals surface area contributed by atoms with Gasteiger partial charge in [-0.3, -0.25) is 4.79 Å². The van der Waals surface area contributed by atoms with Gasteiger partial charge in [0.2, 0.25) is 17.2 Å². The summed E-state index contributed by atoms with van der Waals surface area (Å²) >= 11 is 0. The van der Waals surface area contributed by atoms with Gasteiger partial charge in [0, 0.05) is 6.07 Å². The Balaban J connectivity index is 2.49. The number of methoxy groups -OCH3 is 4. The van der Waals surface area contributed by atoms with Gasteiger partial charge in [0.1, 0.15) is 28.2 Å². The van der Waals surface area contributed by atoms with E-state index in [4.69, 9.17) is 23.4 Å². The Morgan fingerprint density at radius 2 is 1.56 bits per heavy atom. The van der Waals surface area contributed by atoms with Crippen molar-refractivity contribution in [1.82, 2.24) is 0 Å². The van der Waals surface area contributed by atoms with E-state index in [9.17, 15) is 15.0 Å². The van der Waals surface area contributed by atoms with Crippen LogP contribution in [0.25, 0.3) is 22.3 Å². The SMILES string of the molecule is COc1cccc(O)c1-c1cc(=O)c2c(OC)c(O)c(OC)c(OC)c2o1. The van der Waals surface area contributed by atoms with Crippen LogP contribution in [-0.2, 0) is 0 Å². The van der Waals surface area contributed by atoms with Crippen LogP contribution >= 0.6 is 0 Å². The molecule has 0 saturated heterocycles. The third-order valence-corrected chi connectivity index (χ3v) is 4.10. The summed E-state index contributed by atoms with van der Waals surface area (Å²) in [5, 5.41) is 20.6. The first-order valence-corrected chi connectivity index (χ1v) is 7.83. The highest BCUT2D eigenvalue weighted by Crippen LogP contribution is 2.50. The predicted octanol–water partition coefficient (Wildman–Crippen LogP) is 2.91. The van der Waals surface area contributed by atoms with Crippen molar-refractivity contribution in [3.8, 4) is 45.8 Å². The third-order valence-electron chi connectivity index (χ3n) is 4.10. The lowest BCUT2D eigenvalue weighted by molar-refractivity contribution is 0.316. The van der Waals surface area contributed by atoms with E-state index in [0.717, 1.165) is 0 Å². The van der Waals surface area contributed by atoms with Crippen LogP contribution in [-0.4, -0.2) is 38.7 Å². The zero-order valence-electron chi connectivity index (χ0n) is 15.2. The number of benzene rings is 2. The second-order valence-corrected chi connectivity index (χ2v) is 5.48. The van der Waals surface area contributed by atoms with Crippen molar-refractivity contribution >= 4 is 11.0 Å². The van der Waals surface area contributed by atoms with Gasteiger partial charge in [-0.15, -0.1) is 0 Å². The molecule has 1 heterocycles. The third kappa shape index (κ3) is 2.75. The Hall–Kier alpha value is -3.55. The molecule has 0 bridgehead atoms. The van der Waals surface area contributed by atoms with Crippen molar-refractivity contribution in [3.05, 3.63) is 34.5 Å². The molecule has 8 nitrogen and oxygen atoms in total. The minimum Gasteiger partial charge on any atom is -0.507 e. The summed E-state index contributed by atoms with van der Waals surface area (Å²) in [6.07, 6.45) is 0. The first-order valence-electron chi connectivity index (χ1n) is 7.83. The average Bonchev–Trinajstić information content (AvgIpc) is 2.66. The molecule has 3 rings (SSSR count). The molecule has 0 aliphatic rings. The minimum absolute atomic E-state index is 0.00296. The maximum absolute atomic E-state index is 12.8. The van der Waals surface area contributed by atoms with E-state index in [0.29, 0.717) is 5.75 Å². The molecule has 0 saturated carbocycles. The first kappa shape index (κ1) is 18.2. The van der Waals surface area contributed by atoms with Gasteiger partial charge in [-0.05, 0) is 12.1 Å². The van der Waals surface area contributed by atoms with Gasteiger partial charge in [0.15, 0.2) is 16.8 Å². The summed E-state index contributed by atoms with van der Waals surface area (Å²) in [6.45, 7) is 0. The lowest BCUT2D eigenvalue weighted by Gasteiger charge is -2.16. The largest absolute Gasteiger partial charge is 0.507 e. The Bertz CT molecular complexity index is 1070. The molecule has 0 radical (unpaired) electrons. The highest BCUT2D eigenvalue weighted by Gasteiger charge is 2.27. The Labute approximate surface area is 154 Å². The van der Waals surface area contributed by atoms with E-state index in [-0.39, 0.29) is 51.0 Å². The number of hydrogen-bond acceptors (Lipinski definition) is 8. The van der Waals surface area contributed by atoms with E-state index >= 15 is 0 Å². The van der Waals surface area contributed by atoms with E-state index in [1.165, 1.54) is 40.6 Å². The van der Waals surface area contributed by atoms with E-state index < -0.39 is 5.43 Å². The fourth-order valence-corrected chi connectivity index (χ4v) is 2.93. The molecule has 0 amide bonds. The van der Waals surface area contributed by atoms with Gasteiger partial charge in [0.25, 0.3) is 0 Å². The van der Waals surface area contributed by atoms with E-state index in [1.807, 2.05) is 0 Å². The normalized spacial score (nSPS) is 10.7. The number of phenolic OH excluding ortho intramolecular Hbond substituents is 2. The molecule has 0 fully saturated rings. The summed E-state index contributed by atoms with van der Waals surface area (Å²) in [7, 11) is 5.41. The lowest BCUT2D eigenvalue weighted by Crippen LogP contribution is -2.06. The minimum atomic E-state index is -0.510. The number of aromatic hydroxyl groups is 2. The fraction of sp³-hybridized carbons (Fsp3) is 0.211. The molecule has 0 aliphatic carbocycles. The molecule has 2 N–H and O–H groups in total. The van der Waals surface area contributed by atoms with Crippen LogP contribution in [0, 0.1) is 0 Å². The predicted molar refractivity (Wildman–Crippen MR) is 97.5 cm³/mol. The molecule has 8 heteroatoms. The summed E-state index contributed by atoms with van der Waals surface area (Å²) in [5.41, 5.74) is -0.312. The maximum atomic E-state index is 12.8. The molecular formula is C19H18O8. The van der Waals surface area contributed by atoms with Crippen LogP contribution in [0.15, 0.2) is 33.5 Å². The lowest BCUT2D eigenvalue weighted by atomic mass is 10.1. The monoisotopic (exact) mass is 374 g/mol. The van der Waals surface area contributed by atoms with Gasteiger partial charge in [-0.2, -0.15) is 0 Å². The van der Waals surface area contributed by atoms with Crippen molar-refractivity contribution in [2.45, 2.75) is 0 Å². The van der Waals surface area contributed by atoms with Crippen LogP contribution in [0.5, 0.6) is 34.5 Å². The van der Waals surface area contributed by atoms with Crippen molar-refractivity contribution in [1.29, 1.82) is 0 Å². The van der Waals surface area contributed by atoms with Crippen molar-refractivity contribution < 1.29 is 33.6 Å². The topological polar surface area (TPSA) is 108 Å². The Morgan fingerprint density at radius 1 is 0.889 bits per heavy atom. The van der Waals surface area contributed by atoms with Crippen LogP contribution in [0.3, 0.4) is 0 Å². The highest BCUT2D eigenvalue weighted by atomic mass is 16.5. The fourth-order valence-electron chi connectivity index (χ4n) is 2.93. The van der Waals surface area contributed by atoms with Crippen molar-refractivity contribution in [2.24, 2.45) is 0 Å². The summed E-state index contributed by atoms with van der Waals surface area (Å²) < 4.78 is 26.8. The number of hydrogen-bond donors (Lipinski definition) is 2. The van der Waals surface area contributed by atoms with Gasteiger partial charge >= 0.3 is 0 Å². The van der Waals surface area contributed by atoms with Crippen LogP contribution in [0.4, 0.5) is 0 Å². The van der Waals surface area contributed by atoms with Gasteiger partial charge in [-0.1, -0.05) is 6.07 Å². The van der Waals surface area contributed by atoms with Gasteiger partial charge < -0.3 is 33.6 Å². The maximum Gasteiger partial charge on any atom is 0.211 e. The van der Waals surface area contributed by atoms with Crippen LogP contribution in [0.2, 0.25) is 0 Å². The van der Waals surface area contributed by atoms with E-state index in [2.05, 4.69) is 0 Å². The highest BCUT2D eigenvalue weighted by molar-refractivity contribution is 5.95. The summed E-state index contributed by atoms with van der Waals surface area (Å²) in [5.74, 6) is -0.291. The number of ether oxygens (including phenoxy) is 4. The molecule has 3 aromatic rings. The number of rotatable bonds is 5. The quantitative estimate of drug-likeness (QED) is 0.702. The molecule has 1 aromatic heterocycles. The zero-order valence-corrected chi connectivity index (χ0v) is 15.2. The van der Waals surface area contributed by atoms with Crippen molar-refractivity contribution in [2.75, 3.05) is 28.4 Å². The molecule has 0 unspecified atom stereocenters. The standard InChI is InChI=1S/C19H18O8/c1-23-11-7-5-6-9(20)13(11)12-8-10(21)14-16(24-2)15(22)18(25-3)19(26-4)17(14)27-12/h5-8,20,22H,1-4H3. The Kier molecular flexibility index (Phi) is 4.72. The molecule has 27 heavy (non-hydrogen) atoms. The molecule has 0 spiro atoms. The number of fused-ring (bicyclic) bond motifs is 1. The zero-order chi connectivity index (χ0) is 19.7. The van der Waals surface area contributed by atoms with Gasteiger partial charge in [-0.25, -0.2) is 0 Å². The summed E-state index contributed by atoms with van der Waals surface area (Å²) in [6, 6.07) is 5.83. The van der Waals surface area contributed by atoms with Gasteiger partial charge in [0.05, 0.1) is 28.4 Å². The Morgan fingerprint density at radius 3 is 2.15 bits per heavy atom. The molecule has 2 aromatic carbocycles. The number of phenols is 2. The average molecular weight is 374 g/mol. The van der Waals surface area contributed by atoms with E-state index in [1.54, 1.807) is 12.1 Å². The molecular weight excluding hydrogens is 356 g/mol. The molecule has 142 valence electrons. The van der Waals surface area contributed by atoms with Crippen LogP contribution in [0.1, 0.15) is 0 Å².